The Balaban J connectivity index is 2.69. The first-order valence-electron chi connectivity index (χ1n) is 5.31. The van der Waals surface area contributed by atoms with Gasteiger partial charge in [-0.3, -0.25) is 4.79 Å². The van der Waals surface area contributed by atoms with Gasteiger partial charge in [0, 0.05) is 6.92 Å². The largest absolute Gasteiger partial charge is 0.459 e. The molecule has 0 fully saturated rings. The van der Waals surface area contributed by atoms with Crippen LogP contribution in [-0.4, -0.2) is 12.1 Å². The molecule has 1 unspecified atom stereocenters. The lowest BCUT2D eigenvalue weighted by Gasteiger charge is -2.07. The molecule has 1 rings (SSSR count). The third kappa shape index (κ3) is 4.61. The van der Waals surface area contributed by atoms with E-state index >= 15 is 0 Å². The van der Waals surface area contributed by atoms with Gasteiger partial charge in [0.25, 0.3) is 0 Å². The van der Waals surface area contributed by atoms with Crippen molar-refractivity contribution in [1.82, 2.24) is 0 Å². The molecule has 1 aromatic carbocycles. The Kier molecular flexibility index (Phi) is 4.53. The Hall–Kier alpha value is -1.78. The summed E-state index contributed by atoms with van der Waals surface area (Å²) in [7, 11) is 0. The van der Waals surface area contributed by atoms with Gasteiger partial charge in [-0.05, 0) is 30.7 Å². The van der Waals surface area contributed by atoms with Gasteiger partial charge in [-0.25, -0.2) is 0 Å². The van der Waals surface area contributed by atoms with E-state index in [1.807, 2.05) is 0 Å². The molecule has 0 spiro atoms. The number of carbonyl (C=O) groups excluding carboxylic acids is 1. The Morgan fingerprint density at radius 2 is 1.83 bits per heavy atom. The minimum absolute atomic E-state index is 0.403. The van der Waals surface area contributed by atoms with Gasteiger partial charge >= 0.3 is 12.1 Å². The third-order valence-corrected chi connectivity index (χ3v) is 2.15. The van der Waals surface area contributed by atoms with Crippen LogP contribution in [0.15, 0.2) is 30.3 Å². The standard InChI is InChI=1S/C13H13F3O2/c1-9(18-10(2)17)3-4-11-5-7-12(8-6-11)13(14,15)16/h3-9H,1-2H3/b4-3+. The van der Waals surface area contributed by atoms with Gasteiger partial charge in [0.2, 0.25) is 0 Å². The van der Waals surface area contributed by atoms with Gasteiger partial charge in [-0.15, -0.1) is 0 Å². The Morgan fingerprint density at radius 1 is 1.28 bits per heavy atom. The fourth-order valence-electron chi connectivity index (χ4n) is 1.33. The van der Waals surface area contributed by atoms with E-state index < -0.39 is 23.8 Å². The van der Waals surface area contributed by atoms with Gasteiger partial charge in [0.15, 0.2) is 0 Å². The summed E-state index contributed by atoms with van der Waals surface area (Å²) < 4.78 is 41.7. The van der Waals surface area contributed by atoms with E-state index in [4.69, 9.17) is 4.74 Å². The molecule has 0 aliphatic carbocycles. The lowest BCUT2D eigenvalue weighted by molar-refractivity contribution is -0.143. The Bertz CT molecular complexity index is 433. The first-order valence-corrected chi connectivity index (χ1v) is 5.31. The number of hydrogen-bond acceptors (Lipinski definition) is 2. The van der Waals surface area contributed by atoms with Gasteiger partial charge in [-0.2, -0.15) is 13.2 Å². The van der Waals surface area contributed by atoms with Crippen molar-refractivity contribution in [2.45, 2.75) is 26.1 Å². The summed E-state index contributed by atoms with van der Waals surface area (Å²) in [6.07, 6.45) is -1.53. The average Bonchev–Trinajstić information content (AvgIpc) is 2.25. The van der Waals surface area contributed by atoms with Crippen LogP contribution in [0.25, 0.3) is 6.08 Å². The average molecular weight is 258 g/mol. The number of alkyl halides is 3. The van der Waals surface area contributed by atoms with Crippen LogP contribution in [-0.2, 0) is 15.7 Å². The molecule has 1 aromatic rings. The molecule has 0 N–H and O–H groups in total. The van der Waals surface area contributed by atoms with Crippen LogP contribution in [0.5, 0.6) is 0 Å². The highest BCUT2D eigenvalue weighted by Crippen LogP contribution is 2.29. The summed E-state index contributed by atoms with van der Waals surface area (Å²) >= 11 is 0. The van der Waals surface area contributed by atoms with E-state index in [1.54, 1.807) is 19.1 Å². The molecule has 0 saturated carbocycles. The van der Waals surface area contributed by atoms with Crippen molar-refractivity contribution in [3.63, 3.8) is 0 Å². The first kappa shape index (κ1) is 14.3. The van der Waals surface area contributed by atoms with E-state index in [0.717, 1.165) is 12.1 Å². The number of ether oxygens (including phenoxy) is 1. The highest BCUT2D eigenvalue weighted by molar-refractivity contribution is 5.66. The van der Waals surface area contributed by atoms with Crippen LogP contribution < -0.4 is 0 Å². The van der Waals surface area contributed by atoms with E-state index in [0.29, 0.717) is 5.56 Å². The zero-order chi connectivity index (χ0) is 13.8. The fourth-order valence-corrected chi connectivity index (χ4v) is 1.33. The number of benzene rings is 1. The molecule has 0 saturated heterocycles. The molecule has 0 heterocycles. The van der Waals surface area contributed by atoms with Crippen LogP contribution in [0.2, 0.25) is 0 Å². The second-order valence-electron chi connectivity index (χ2n) is 3.79. The second-order valence-corrected chi connectivity index (χ2v) is 3.79. The maximum Gasteiger partial charge on any atom is 0.416 e. The number of esters is 1. The molecule has 98 valence electrons. The van der Waals surface area contributed by atoms with Crippen LogP contribution >= 0.6 is 0 Å². The van der Waals surface area contributed by atoms with Crippen molar-refractivity contribution in [2.75, 3.05) is 0 Å². The van der Waals surface area contributed by atoms with E-state index in [9.17, 15) is 18.0 Å². The summed E-state index contributed by atoms with van der Waals surface area (Å²) in [5, 5.41) is 0. The molecule has 2 nitrogen and oxygen atoms in total. The SMILES string of the molecule is CC(=O)OC(C)/C=C/c1ccc(C(F)(F)F)cc1. The van der Waals surface area contributed by atoms with Crippen molar-refractivity contribution < 1.29 is 22.7 Å². The molecule has 0 amide bonds. The minimum atomic E-state index is -4.33. The molecule has 18 heavy (non-hydrogen) atoms. The quantitative estimate of drug-likeness (QED) is 0.773. The van der Waals surface area contributed by atoms with Crippen LogP contribution in [0.3, 0.4) is 0 Å². The number of halogens is 3. The highest BCUT2D eigenvalue weighted by atomic mass is 19.4. The van der Waals surface area contributed by atoms with Crippen LogP contribution in [0.1, 0.15) is 25.0 Å². The predicted molar refractivity (Wildman–Crippen MR) is 61.7 cm³/mol. The molecule has 0 aliphatic rings. The van der Waals surface area contributed by atoms with Gasteiger partial charge in [0.05, 0.1) is 5.56 Å². The predicted octanol–water partition coefficient (Wildman–Crippen LogP) is 3.67. The maximum absolute atomic E-state index is 12.3. The number of carbonyl (C=O) groups is 1. The molecule has 0 aromatic heterocycles. The van der Waals surface area contributed by atoms with Crippen LogP contribution in [0.4, 0.5) is 13.2 Å². The van der Waals surface area contributed by atoms with Gasteiger partial charge in [0.1, 0.15) is 6.10 Å². The maximum atomic E-state index is 12.3. The summed E-state index contributed by atoms with van der Waals surface area (Å²) in [5.74, 6) is -0.403. The van der Waals surface area contributed by atoms with E-state index in [2.05, 4.69) is 0 Å². The normalized spacial score (nSPS) is 13.6. The Labute approximate surface area is 103 Å². The number of rotatable bonds is 3. The highest BCUT2D eigenvalue weighted by Gasteiger charge is 2.29. The van der Waals surface area contributed by atoms with Gasteiger partial charge in [-0.1, -0.05) is 18.2 Å². The monoisotopic (exact) mass is 258 g/mol. The molecule has 0 radical (unpaired) electrons. The zero-order valence-electron chi connectivity index (χ0n) is 9.99. The number of hydrogen-bond donors (Lipinski definition) is 0. The molecule has 0 bridgehead atoms. The lowest BCUT2D eigenvalue weighted by atomic mass is 10.1. The van der Waals surface area contributed by atoms with E-state index in [-0.39, 0.29) is 0 Å². The summed E-state index contributed by atoms with van der Waals surface area (Å²) in [6.45, 7) is 2.96. The first-order chi connectivity index (χ1) is 8.29. The topological polar surface area (TPSA) is 26.3 Å². The summed E-state index contributed by atoms with van der Waals surface area (Å²) in [6, 6.07) is 4.74. The molecule has 0 aliphatic heterocycles. The van der Waals surface area contributed by atoms with Crippen molar-refractivity contribution >= 4 is 12.0 Å². The van der Waals surface area contributed by atoms with Crippen molar-refractivity contribution in [3.05, 3.63) is 41.5 Å². The second kappa shape index (κ2) is 5.71. The van der Waals surface area contributed by atoms with Crippen LogP contribution in [0, 0.1) is 0 Å². The van der Waals surface area contributed by atoms with Gasteiger partial charge < -0.3 is 4.74 Å². The fraction of sp³-hybridized carbons (Fsp3) is 0.308. The van der Waals surface area contributed by atoms with E-state index in [1.165, 1.54) is 19.1 Å². The van der Waals surface area contributed by atoms with Crippen molar-refractivity contribution in [3.8, 4) is 0 Å². The summed E-state index contributed by atoms with van der Waals surface area (Å²) in [5.41, 5.74) is -0.0744. The molecular weight excluding hydrogens is 245 g/mol. The lowest BCUT2D eigenvalue weighted by Crippen LogP contribution is -2.08. The molecule has 1 atom stereocenters. The molecule has 5 heteroatoms. The summed E-state index contributed by atoms with van der Waals surface area (Å²) in [4.78, 5) is 10.6. The third-order valence-electron chi connectivity index (χ3n) is 2.15. The molecular formula is C13H13F3O2. The Morgan fingerprint density at radius 3 is 2.28 bits per heavy atom. The minimum Gasteiger partial charge on any atom is -0.459 e. The zero-order valence-corrected chi connectivity index (χ0v) is 9.99. The van der Waals surface area contributed by atoms with Crippen molar-refractivity contribution in [1.29, 1.82) is 0 Å². The smallest absolute Gasteiger partial charge is 0.416 e. The van der Waals surface area contributed by atoms with Crippen molar-refractivity contribution in [2.24, 2.45) is 0 Å².